The van der Waals surface area contributed by atoms with Gasteiger partial charge >= 0.3 is 0 Å². The van der Waals surface area contributed by atoms with Gasteiger partial charge in [0.05, 0.1) is 17.0 Å². The highest BCUT2D eigenvalue weighted by molar-refractivity contribution is 6.12. The normalized spacial score (nSPS) is 13.0. The lowest BCUT2D eigenvalue weighted by Gasteiger charge is -2.22. The van der Waals surface area contributed by atoms with Gasteiger partial charge in [0.25, 0.3) is 0 Å². The molecule has 0 unspecified atom stereocenters. The van der Waals surface area contributed by atoms with Gasteiger partial charge in [-0.1, -0.05) is 159 Å². The summed E-state index contributed by atoms with van der Waals surface area (Å²) in [6, 6.07) is 59.9. The highest BCUT2D eigenvalue weighted by Gasteiger charge is 2.35. The molecule has 0 aliphatic heterocycles. The molecule has 1 aliphatic carbocycles. The lowest BCUT2D eigenvalue weighted by molar-refractivity contribution is 0.660. The van der Waals surface area contributed by atoms with Crippen molar-refractivity contribution >= 4 is 21.9 Å². The molecule has 0 radical (unpaired) electrons. The summed E-state index contributed by atoms with van der Waals surface area (Å²) in [7, 11) is 0. The van der Waals surface area contributed by atoms with Crippen LogP contribution in [0.1, 0.15) is 25.0 Å². The Hall–Kier alpha value is -6.58. The number of nitrogens with zero attached hydrogens (tertiary/aromatic N) is 2. The summed E-state index contributed by atoms with van der Waals surface area (Å²) in [5.74, 6) is 0.629. The summed E-state index contributed by atoms with van der Waals surface area (Å²) in [6.07, 6.45) is 0. The number of hydrogen-bond acceptors (Lipinski definition) is 3. The van der Waals surface area contributed by atoms with E-state index in [2.05, 4.69) is 135 Å². The third-order valence-corrected chi connectivity index (χ3v) is 10.7. The van der Waals surface area contributed by atoms with E-state index in [1.807, 2.05) is 48.5 Å². The molecule has 0 N–H and O–H groups in total. The van der Waals surface area contributed by atoms with Gasteiger partial charge in [0.2, 0.25) is 0 Å². The third-order valence-electron chi connectivity index (χ3n) is 10.7. The Bertz CT molecular complexity index is 2740. The standard InChI is InChI=1S/C49H34N2O/c1-49(2)41-19-11-9-17-37(41)38-26-25-35(29-42(38)49)31-21-23-32(24-22-31)36-27-28-40-39-18-10-12-20-45(39)52-47(40)46(36)48-50-43(33-13-5-3-6-14-33)30-44(51-48)34-15-7-4-8-16-34/h3-30H,1-2H3. The first-order valence-corrected chi connectivity index (χ1v) is 17.8. The molecule has 2 aromatic heterocycles. The zero-order valence-electron chi connectivity index (χ0n) is 29.0. The van der Waals surface area contributed by atoms with Crippen LogP contribution in [0.2, 0.25) is 0 Å². The number of benzene rings is 7. The first-order valence-electron chi connectivity index (χ1n) is 17.8. The van der Waals surface area contributed by atoms with Crippen molar-refractivity contribution in [3.8, 4) is 67.3 Å². The summed E-state index contributed by atoms with van der Waals surface area (Å²) in [5.41, 5.74) is 16.2. The molecule has 0 atom stereocenters. The first-order chi connectivity index (χ1) is 25.5. The Morgan fingerprint density at radius 3 is 1.73 bits per heavy atom. The maximum absolute atomic E-state index is 6.69. The maximum atomic E-state index is 6.69. The fraction of sp³-hybridized carbons (Fsp3) is 0.0612. The SMILES string of the molecule is CC1(C)c2ccccc2-c2ccc(-c3ccc(-c4ccc5c(oc6ccccc65)c4-c4nc(-c5ccccc5)cc(-c5ccccc5)n4)cc3)cc21. The van der Waals surface area contributed by atoms with Gasteiger partial charge in [0, 0.05) is 27.3 Å². The third kappa shape index (κ3) is 4.81. The number of rotatable bonds is 5. The molecule has 0 fully saturated rings. The highest BCUT2D eigenvalue weighted by Crippen LogP contribution is 2.50. The van der Waals surface area contributed by atoms with Crippen LogP contribution in [0.3, 0.4) is 0 Å². The molecule has 2 heterocycles. The van der Waals surface area contributed by atoms with Crippen LogP contribution in [0, 0.1) is 0 Å². The van der Waals surface area contributed by atoms with E-state index in [0.29, 0.717) is 5.82 Å². The summed E-state index contributed by atoms with van der Waals surface area (Å²) in [4.78, 5) is 10.5. The highest BCUT2D eigenvalue weighted by atomic mass is 16.3. The van der Waals surface area contributed by atoms with Gasteiger partial charge in [0.15, 0.2) is 5.82 Å². The van der Waals surface area contributed by atoms with Crippen molar-refractivity contribution in [1.29, 1.82) is 0 Å². The van der Waals surface area contributed by atoms with Crippen LogP contribution in [0.25, 0.3) is 89.2 Å². The lowest BCUT2D eigenvalue weighted by Crippen LogP contribution is -2.14. The Kier molecular flexibility index (Phi) is 6.84. The van der Waals surface area contributed by atoms with Crippen molar-refractivity contribution in [2.24, 2.45) is 0 Å². The Morgan fingerprint density at radius 1 is 0.423 bits per heavy atom. The van der Waals surface area contributed by atoms with E-state index in [9.17, 15) is 0 Å². The van der Waals surface area contributed by atoms with Crippen LogP contribution >= 0.6 is 0 Å². The fourth-order valence-corrected chi connectivity index (χ4v) is 8.05. The minimum absolute atomic E-state index is 0.0499. The molecular formula is C49H34N2O. The van der Waals surface area contributed by atoms with E-state index >= 15 is 0 Å². The maximum Gasteiger partial charge on any atom is 0.164 e. The molecule has 246 valence electrons. The van der Waals surface area contributed by atoms with Crippen molar-refractivity contribution in [2.75, 3.05) is 0 Å². The van der Waals surface area contributed by atoms with Crippen LogP contribution in [0.5, 0.6) is 0 Å². The summed E-state index contributed by atoms with van der Waals surface area (Å²) in [6.45, 7) is 4.66. The molecule has 7 aromatic carbocycles. The van der Waals surface area contributed by atoms with Crippen molar-refractivity contribution < 1.29 is 4.42 Å². The second-order valence-corrected chi connectivity index (χ2v) is 14.2. The largest absolute Gasteiger partial charge is 0.455 e. The summed E-state index contributed by atoms with van der Waals surface area (Å²) < 4.78 is 6.69. The first kappa shape index (κ1) is 30.3. The van der Waals surface area contributed by atoms with Gasteiger partial charge in [-0.3, -0.25) is 0 Å². The van der Waals surface area contributed by atoms with Crippen LogP contribution in [0.15, 0.2) is 174 Å². The van der Waals surface area contributed by atoms with E-state index in [0.717, 1.165) is 61.1 Å². The Morgan fingerprint density at radius 2 is 1.00 bits per heavy atom. The predicted molar refractivity (Wildman–Crippen MR) is 214 cm³/mol. The van der Waals surface area contributed by atoms with E-state index in [4.69, 9.17) is 14.4 Å². The molecule has 3 nitrogen and oxygen atoms in total. The predicted octanol–water partition coefficient (Wildman–Crippen LogP) is 13.0. The molecule has 9 aromatic rings. The molecule has 0 saturated carbocycles. The molecule has 0 saturated heterocycles. The zero-order chi connectivity index (χ0) is 34.8. The Balaban J connectivity index is 1.15. The van der Waals surface area contributed by atoms with Gasteiger partial charge < -0.3 is 4.42 Å². The van der Waals surface area contributed by atoms with Crippen LogP contribution in [-0.4, -0.2) is 9.97 Å². The number of aromatic nitrogens is 2. The van der Waals surface area contributed by atoms with Crippen LogP contribution in [0.4, 0.5) is 0 Å². The van der Waals surface area contributed by atoms with E-state index < -0.39 is 0 Å². The van der Waals surface area contributed by atoms with E-state index in [1.165, 1.54) is 33.4 Å². The smallest absolute Gasteiger partial charge is 0.164 e. The van der Waals surface area contributed by atoms with E-state index in [-0.39, 0.29) is 5.41 Å². The minimum atomic E-state index is -0.0499. The van der Waals surface area contributed by atoms with Gasteiger partial charge in [0.1, 0.15) is 11.2 Å². The zero-order valence-corrected chi connectivity index (χ0v) is 29.0. The summed E-state index contributed by atoms with van der Waals surface area (Å²) >= 11 is 0. The van der Waals surface area contributed by atoms with Crippen LogP contribution in [-0.2, 0) is 5.41 Å². The van der Waals surface area contributed by atoms with Crippen molar-refractivity contribution in [3.05, 3.63) is 181 Å². The second kappa shape index (κ2) is 11.8. The molecule has 52 heavy (non-hydrogen) atoms. The molecular weight excluding hydrogens is 633 g/mol. The topological polar surface area (TPSA) is 38.9 Å². The number of hydrogen-bond donors (Lipinski definition) is 0. The molecule has 10 rings (SSSR count). The number of furan rings is 1. The molecule has 0 bridgehead atoms. The van der Waals surface area contributed by atoms with Gasteiger partial charge in [-0.25, -0.2) is 9.97 Å². The number of para-hydroxylation sites is 1. The average molecular weight is 667 g/mol. The molecule has 0 spiro atoms. The average Bonchev–Trinajstić information content (AvgIpc) is 3.70. The molecule has 3 heteroatoms. The van der Waals surface area contributed by atoms with Gasteiger partial charge in [-0.15, -0.1) is 0 Å². The lowest BCUT2D eigenvalue weighted by atomic mass is 9.81. The molecule has 0 amide bonds. The van der Waals surface area contributed by atoms with Crippen molar-refractivity contribution in [1.82, 2.24) is 9.97 Å². The van der Waals surface area contributed by atoms with Crippen molar-refractivity contribution in [3.63, 3.8) is 0 Å². The van der Waals surface area contributed by atoms with Crippen molar-refractivity contribution in [2.45, 2.75) is 19.3 Å². The number of fused-ring (bicyclic) bond motifs is 6. The van der Waals surface area contributed by atoms with Gasteiger partial charge in [-0.05, 0) is 68.8 Å². The van der Waals surface area contributed by atoms with Gasteiger partial charge in [-0.2, -0.15) is 0 Å². The quantitative estimate of drug-likeness (QED) is 0.183. The minimum Gasteiger partial charge on any atom is -0.455 e. The summed E-state index contributed by atoms with van der Waals surface area (Å²) in [5, 5.41) is 2.12. The monoisotopic (exact) mass is 666 g/mol. The molecule has 1 aliphatic rings. The van der Waals surface area contributed by atoms with Crippen LogP contribution < -0.4 is 0 Å². The fourth-order valence-electron chi connectivity index (χ4n) is 8.05. The van der Waals surface area contributed by atoms with E-state index in [1.54, 1.807) is 0 Å². The Labute approximate surface area is 302 Å². The second-order valence-electron chi connectivity index (χ2n) is 14.2.